The van der Waals surface area contributed by atoms with E-state index in [0.717, 1.165) is 13.0 Å². The van der Waals surface area contributed by atoms with Crippen molar-refractivity contribution in [2.24, 2.45) is 0 Å². The molecule has 1 unspecified atom stereocenters. The molecule has 0 radical (unpaired) electrons. The Morgan fingerprint density at radius 3 is 2.75 bits per heavy atom. The molecule has 2 heteroatoms. The second-order valence-corrected chi connectivity index (χ2v) is 1.91. The van der Waals surface area contributed by atoms with E-state index in [-0.39, 0.29) is 6.04 Å². The second kappa shape index (κ2) is 4.78. The minimum Gasteiger partial charge on any atom is -0.311 e. The summed E-state index contributed by atoms with van der Waals surface area (Å²) in [5.74, 6) is 0. The van der Waals surface area contributed by atoms with Gasteiger partial charge in [0, 0.05) is 12.3 Å². The minimum absolute atomic E-state index is 0.245. The Morgan fingerprint density at radius 2 is 2.38 bits per heavy atom. The third-order valence-electron chi connectivity index (χ3n) is 0.966. The first-order valence-corrected chi connectivity index (χ1v) is 3.05. The van der Waals surface area contributed by atoms with E-state index < -0.39 is 0 Å². The molecule has 0 aromatic heterocycles. The average molecular weight is 114 g/mol. The van der Waals surface area contributed by atoms with Gasteiger partial charge in [0.15, 0.2) is 0 Å². The van der Waals surface area contributed by atoms with E-state index in [9.17, 15) is 0 Å². The largest absolute Gasteiger partial charge is 0.311 e. The molecule has 0 aliphatic heterocycles. The van der Waals surface area contributed by atoms with Crippen LogP contribution >= 0.6 is 0 Å². The lowest BCUT2D eigenvalue weighted by atomic mass is 10.3. The highest BCUT2D eigenvalue weighted by atomic mass is 14.9. The van der Waals surface area contributed by atoms with Crippen LogP contribution in [-0.4, -0.2) is 18.8 Å². The first-order chi connectivity index (χ1) is 3.81. The SMILES string of the molecule is CCCNC(C)C=N. The van der Waals surface area contributed by atoms with Crippen molar-refractivity contribution >= 4 is 6.21 Å². The van der Waals surface area contributed by atoms with Crippen LogP contribution in [0.1, 0.15) is 20.3 Å². The minimum atomic E-state index is 0.245. The maximum Gasteiger partial charge on any atom is 0.0388 e. The van der Waals surface area contributed by atoms with Crippen molar-refractivity contribution in [3.05, 3.63) is 0 Å². The molecule has 2 N–H and O–H groups in total. The predicted octanol–water partition coefficient (Wildman–Crippen LogP) is 1.02. The van der Waals surface area contributed by atoms with E-state index in [2.05, 4.69) is 12.2 Å². The van der Waals surface area contributed by atoms with Gasteiger partial charge in [-0.25, -0.2) is 0 Å². The highest BCUT2D eigenvalue weighted by molar-refractivity contribution is 5.59. The number of rotatable bonds is 4. The highest BCUT2D eigenvalue weighted by Crippen LogP contribution is 1.75. The summed E-state index contributed by atoms with van der Waals surface area (Å²) in [7, 11) is 0. The number of hydrogen-bond donors (Lipinski definition) is 2. The summed E-state index contributed by atoms with van der Waals surface area (Å²) < 4.78 is 0. The molecule has 1 atom stereocenters. The molecule has 0 amide bonds. The van der Waals surface area contributed by atoms with Gasteiger partial charge in [-0.05, 0) is 19.9 Å². The van der Waals surface area contributed by atoms with Crippen molar-refractivity contribution in [1.29, 1.82) is 5.41 Å². The summed E-state index contributed by atoms with van der Waals surface area (Å²) in [5, 5.41) is 9.94. The van der Waals surface area contributed by atoms with Gasteiger partial charge in [0.25, 0.3) is 0 Å². The fourth-order valence-electron chi connectivity index (χ4n) is 0.431. The van der Waals surface area contributed by atoms with Gasteiger partial charge in [0.2, 0.25) is 0 Å². The summed E-state index contributed by atoms with van der Waals surface area (Å²) in [6, 6.07) is 0.245. The van der Waals surface area contributed by atoms with Gasteiger partial charge in [0.1, 0.15) is 0 Å². The standard InChI is InChI=1S/C6H14N2/c1-3-4-8-6(2)5-7/h5-8H,3-4H2,1-2H3. The molecule has 0 saturated carbocycles. The van der Waals surface area contributed by atoms with Crippen LogP contribution in [0.4, 0.5) is 0 Å². The van der Waals surface area contributed by atoms with Crippen molar-refractivity contribution < 1.29 is 0 Å². The summed E-state index contributed by atoms with van der Waals surface area (Å²) in [4.78, 5) is 0. The van der Waals surface area contributed by atoms with Crippen LogP contribution in [0.25, 0.3) is 0 Å². The van der Waals surface area contributed by atoms with Crippen molar-refractivity contribution in [2.45, 2.75) is 26.3 Å². The lowest BCUT2D eigenvalue weighted by Gasteiger charge is -2.04. The van der Waals surface area contributed by atoms with E-state index in [1.165, 1.54) is 6.21 Å². The molecular weight excluding hydrogens is 100 g/mol. The number of hydrogen-bond acceptors (Lipinski definition) is 2. The predicted molar refractivity (Wildman–Crippen MR) is 36.5 cm³/mol. The van der Waals surface area contributed by atoms with Gasteiger partial charge in [-0.3, -0.25) is 0 Å². The van der Waals surface area contributed by atoms with Crippen LogP contribution in [0.2, 0.25) is 0 Å². The molecule has 0 heterocycles. The van der Waals surface area contributed by atoms with Crippen molar-refractivity contribution in [1.82, 2.24) is 5.32 Å². The summed E-state index contributed by atoms with van der Waals surface area (Å²) in [6.07, 6.45) is 2.55. The summed E-state index contributed by atoms with van der Waals surface area (Å²) in [6.45, 7) is 5.10. The molecule has 0 spiro atoms. The quantitative estimate of drug-likeness (QED) is 0.526. The normalized spacial score (nSPS) is 13.2. The van der Waals surface area contributed by atoms with Gasteiger partial charge in [-0.1, -0.05) is 6.92 Å². The number of nitrogens with one attached hydrogen (secondary N) is 2. The maximum absolute atomic E-state index is 6.80. The van der Waals surface area contributed by atoms with Crippen LogP contribution in [0.15, 0.2) is 0 Å². The monoisotopic (exact) mass is 114 g/mol. The molecule has 0 saturated heterocycles. The first kappa shape index (κ1) is 7.63. The Hall–Kier alpha value is -0.370. The molecule has 0 rings (SSSR count). The molecule has 48 valence electrons. The van der Waals surface area contributed by atoms with Gasteiger partial charge < -0.3 is 10.7 Å². The summed E-state index contributed by atoms with van der Waals surface area (Å²) >= 11 is 0. The van der Waals surface area contributed by atoms with Crippen molar-refractivity contribution in [3.8, 4) is 0 Å². The molecule has 0 aromatic carbocycles. The smallest absolute Gasteiger partial charge is 0.0388 e. The second-order valence-electron chi connectivity index (χ2n) is 1.91. The van der Waals surface area contributed by atoms with Gasteiger partial charge >= 0.3 is 0 Å². The Kier molecular flexibility index (Phi) is 4.56. The lowest BCUT2D eigenvalue weighted by Crippen LogP contribution is -2.27. The molecule has 8 heavy (non-hydrogen) atoms. The Bertz CT molecular complexity index is 61.5. The zero-order valence-electron chi connectivity index (χ0n) is 5.57. The van der Waals surface area contributed by atoms with Gasteiger partial charge in [-0.2, -0.15) is 0 Å². The molecule has 0 bridgehead atoms. The molecule has 0 aliphatic carbocycles. The Morgan fingerprint density at radius 1 is 1.75 bits per heavy atom. The fraction of sp³-hybridized carbons (Fsp3) is 0.833. The van der Waals surface area contributed by atoms with Gasteiger partial charge in [0.05, 0.1) is 0 Å². The molecule has 0 aromatic rings. The zero-order valence-corrected chi connectivity index (χ0v) is 5.57. The Labute approximate surface area is 50.8 Å². The maximum atomic E-state index is 6.80. The molecule has 0 fully saturated rings. The van der Waals surface area contributed by atoms with Gasteiger partial charge in [-0.15, -0.1) is 0 Å². The average Bonchev–Trinajstić information content (AvgIpc) is 1.83. The first-order valence-electron chi connectivity index (χ1n) is 3.05. The summed E-state index contributed by atoms with van der Waals surface area (Å²) in [5.41, 5.74) is 0. The topological polar surface area (TPSA) is 35.9 Å². The van der Waals surface area contributed by atoms with Crippen LogP contribution in [0.3, 0.4) is 0 Å². The third-order valence-corrected chi connectivity index (χ3v) is 0.966. The van der Waals surface area contributed by atoms with Crippen molar-refractivity contribution in [3.63, 3.8) is 0 Å². The van der Waals surface area contributed by atoms with E-state index in [1.54, 1.807) is 0 Å². The fourth-order valence-corrected chi connectivity index (χ4v) is 0.431. The van der Waals surface area contributed by atoms with Crippen LogP contribution < -0.4 is 5.32 Å². The molecule has 2 nitrogen and oxygen atoms in total. The van der Waals surface area contributed by atoms with E-state index in [1.807, 2.05) is 6.92 Å². The van der Waals surface area contributed by atoms with Crippen molar-refractivity contribution in [2.75, 3.05) is 6.54 Å². The van der Waals surface area contributed by atoms with E-state index in [0.29, 0.717) is 0 Å². The van der Waals surface area contributed by atoms with E-state index in [4.69, 9.17) is 5.41 Å². The van der Waals surface area contributed by atoms with E-state index >= 15 is 0 Å². The zero-order chi connectivity index (χ0) is 6.41. The highest BCUT2D eigenvalue weighted by Gasteiger charge is 1.90. The third kappa shape index (κ3) is 3.81. The van der Waals surface area contributed by atoms with Crippen LogP contribution in [-0.2, 0) is 0 Å². The molecular formula is C6H14N2. The Balaban J connectivity index is 2.98. The van der Waals surface area contributed by atoms with Crippen LogP contribution in [0, 0.1) is 5.41 Å². The van der Waals surface area contributed by atoms with Crippen LogP contribution in [0.5, 0.6) is 0 Å². The molecule has 0 aliphatic rings. The lowest BCUT2D eigenvalue weighted by molar-refractivity contribution is 0.651.